The highest BCUT2D eigenvalue weighted by molar-refractivity contribution is 5.66. The van der Waals surface area contributed by atoms with E-state index in [1.807, 2.05) is 20.8 Å². The third-order valence-electron chi connectivity index (χ3n) is 4.67. The Hall–Kier alpha value is -0.610. The number of hydrogen-bond acceptors (Lipinski definition) is 4. The number of aliphatic hydroxyl groups is 1. The summed E-state index contributed by atoms with van der Waals surface area (Å²) in [6.45, 7) is 26.6. The molecule has 4 heteroatoms. The van der Waals surface area contributed by atoms with Crippen molar-refractivity contribution in [2.24, 2.45) is 11.3 Å². The topological polar surface area (TPSA) is 55.8 Å². The standard InChI is InChI=1S/C7H16.C6H12O2.C6H14O.C4H10O/c1-6(2)7(3,4)5;1-4-5(2)8-6(3)7;1-5-6(2,3)7-4;1-3-4(2)5/h6H,1-5H3;5H,4H2,1-3H3;5H2,1-4H3;4-5H,3H2,1-2H3. The largest absolute Gasteiger partial charge is 0.463 e. The van der Waals surface area contributed by atoms with Gasteiger partial charge in [0.15, 0.2) is 0 Å². The Bertz CT molecular complexity index is 306. The third kappa shape index (κ3) is 36.9. The van der Waals surface area contributed by atoms with E-state index in [1.54, 1.807) is 14.0 Å². The maximum absolute atomic E-state index is 10.2. The Morgan fingerprint density at radius 2 is 1.26 bits per heavy atom. The van der Waals surface area contributed by atoms with Crippen LogP contribution in [-0.4, -0.2) is 36.0 Å². The summed E-state index contributed by atoms with van der Waals surface area (Å²) >= 11 is 0. The second-order valence-corrected chi connectivity index (χ2v) is 8.92. The van der Waals surface area contributed by atoms with E-state index in [-0.39, 0.29) is 23.8 Å². The Balaban J connectivity index is -0.000000132. The van der Waals surface area contributed by atoms with E-state index in [4.69, 9.17) is 14.6 Å². The van der Waals surface area contributed by atoms with Gasteiger partial charge in [-0.3, -0.25) is 4.79 Å². The van der Waals surface area contributed by atoms with E-state index in [0.29, 0.717) is 5.41 Å². The highest BCUT2D eigenvalue weighted by Crippen LogP contribution is 2.23. The van der Waals surface area contributed by atoms with Crippen LogP contribution in [0.2, 0.25) is 0 Å². The predicted octanol–water partition coefficient (Wildman–Crippen LogP) is 6.64. The van der Waals surface area contributed by atoms with Crippen LogP contribution in [0.1, 0.15) is 109 Å². The maximum Gasteiger partial charge on any atom is 0.302 e. The minimum Gasteiger partial charge on any atom is -0.463 e. The van der Waals surface area contributed by atoms with Crippen LogP contribution in [0.3, 0.4) is 0 Å². The summed E-state index contributed by atoms with van der Waals surface area (Å²) in [6.07, 6.45) is 2.78. The number of esters is 1. The molecule has 0 aliphatic carbocycles. The van der Waals surface area contributed by atoms with Gasteiger partial charge in [-0.25, -0.2) is 0 Å². The van der Waals surface area contributed by atoms with E-state index in [2.05, 4.69) is 55.4 Å². The summed E-state index contributed by atoms with van der Waals surface area (Å²) in [5.41, 5.74) is 0.583. The van der Waals surface area contributed by atoms with E-state index < -0.39 is 0 Å². The fourth-order valence-electron chi connectivity index (χ4n) is 0.511. The number of hydrogen-bond donors (Lipinski definition) is 1. The molecular weight excluding hydrogens is 340 g/mol. The van der Waals surface area contributed by atoms with Gasteiger partial charge in [0.25, 0.3) is 0 Å². The van der Waals surface area contributed by atoms with Crippen LogP contribution >= 0.6 is 0 Å². The first-order chi connectivity index (χ1) is 12.0. The van der Waals surface area contributed by atoms with Gasteiger partial charge in [0.2, 0.25) is 0 Å². The summed E-state index contributed by atoms with van der Waals surface area (Å²) < 4.78 is 9.85. The average Bonchev–Trinajstić information content (AvgIpc) is 2.54. The highest BCUT2D eigenvalue weighted by Gasteiger charge is 2.13. The minimum absolute atomic E-state index is 0.0764. The van der Waals surface area contributed by atoms with Crippen LogP contribution in [0.4, 0.5) is 0 Å². The fourth-order valence-corrected chi connectivity index (χ4v) is 0.511. The Kier molecular flexibility index (Phi) is 23.6. The van der Waals surface area contributed by atoms with Crippen molar-refractivity contribution in [2.45, 2.75) is 127 Å². The molecule has 0 amide bonds. The van der Waals surface area contributed by atoms with Crippen molar-refractivity contribution in [2.75, 3.05) is 7.11 Å². The molecular formula is C23H52O4. The molecule has 2 unspecified atom stereocenters. The molecule has 0 spiro atoms. The van der Waals surface area contributed by atoms with Crippen molar-refractivity contribution >= 4 is 5.97 Å². The number of carbonyl (C=O) groups excluding carboxylic acids is 1. The molecule has 0 aliphatic heterocycles. The number of methoxy groups -OCH3 is 1. The van der Waals surface area contributed by atoms with Crippen molar-refractivity contribution in [3.8, 4) is 0 Å². The first-order valence-corrected chi connectivity index (χ1v) is 10.4. The summed E-state index contributed by atoms with van der Waals surface area (Å²) in [4.78, 5) is 10.2. The van der Waals surface area contributed by atoms with Crippen molar-refractivity contribution < 1.29 is 19.4 Å². The van der Waals surface area contributed by atoms with Gasteiger partial charge in [0.1, 0.15) is 0 Å². The first kappa shape index (κ1) is 33.9. The van der Waals surface area contributed by atoms with Crippen molar-refractivity contribution in [1.82, 2.24) is 0 Å². The molecule has 0 aromatic carbocycles. The lowest BCUT2D eigenvalue weighted by molar-refractivity contribution is -0.145. The molecule has 4 nitrogen and oxygen atoms in total. The van der Waals surface area contributed by atoms with Crippen molar-refractivity contribution in [1.29, 1.82) is 0 Å². The normalized spacial score (nSPS) is 13.0. The molecule has 0 rings (SSSR count). The molecule has 2 atom stereocenters. The molecule has 168 valence electrons. The molecule has 0 saturated carbocycles. The molecule has 0 saturated heterocycles. The monoisotopic (exact) mass is 392 g/mol. The smallest absolute Gasteiger partial charge is 0.302 e. The SMILES string of the molecule is CC(C)C(C)(C)C.CCC(C)(C)OC.CCC(C)O.CCC(C)OC(C)=O. The van der Waals surface area contributed by atoms with Crippen LogP contribution in [0, 0.1) is 11.3 Å². The molecule has 0 aromatic heterocycles. The van der Waals surface area contributed by atoms with Crippen LogP contribution in [-0.2, 0) is 14.3 Å². The molecule has 0 heterocycles. The quantitative estimate of drug-likeness (QED) is 0.533. The van der Waals surface area contributed by atoms with E-state index >= 15 is 0 Å². The Morgan fingerprint density at radius 3 is 1.30 bits per heavy atom. The second-order valence-electron chi connectivity index (χ2n) is 8.92. The third-order valence-corrected chi connectivity index (χ3v) is 4.67. The lowest BCUT2D eigenvalue weighted by Gasteiger charge is -2.22. The van der Waals surface area contributed by atoms with Crippen LogP contribution in [0.15, 0.2) is 0 Å². The predicted molar refractivity (Wildman–Crippen MR) is 119 cm³/mol. The molecule has 0 radical (unpaired) electrons. The number of rotatable bonds is 5. The Morgan fingerprint density at radius 1 is 0.926 bits per heavy atom. The fraction of sp³-hybridized carbons (Fsp3) is 0.957. The second kappa shape index (κ2) is 18.7. The van der Waals surface area contributed by atoms with Crippen molar-refractivity contribution in [3.05, 3.63) is 0 Å². The number of carbonyl (C=O) groups is 1. The van der Waals surface area contributed by atoms with Gasteiger partial charge in [-0.2, -0.15) is 0 Å². The van der Waals surface area contributed by atoms with Gasteiger partial charge in [-0.15, -0.1) is 0 Å². The lowest BCUT2D eigenvalue weighted by atomic mass is 9.84. The molecule has 1 N–H and O–H groups in total. The molecule has 0 fully saturated rings. The highest BCUT2D eigenvalue weighted by atomic mass is 16.5. The van der Waals surface area contributed by atoms with Gasteiger partial charge in [0.05, 0.1) is 17.8 Å². The summed E-state index contributed by atoms with van der Waals surface area (Å²) in [6, 6.07) is 0. The van der Waals surface area contributed by atoms with Gasteiger partial charge in [-0.1, -0.05) is 55.4 Å². The zero-order valence-electron chi connectivity index (χ0n) is 21.0. The van der Waals surface area contributed by atoms with E-state index in [0.717, 1.165) is 25.2 Å². The molecule has 0 aliphatic rings. The Labute approximate surface area is 171 Å². The molecule has 0 bridgehead atoms. The molecule has 27 heavy (non-hydrogen) atoms. The summed E-state index contributed by atoms with van der Waals surface area (Å²) in [5.74, 6) is 0.604. The minimum atomic E-state index is -0.195. The van der Waals surface area contributed by atoms with E-state index in [1.165, 1.54) is 6.92 Å². The van der Waals surface area contributed by atoms with Gasteiger partial charge >= 0.3 is 5.97 Å². The zero-order chi connectivity index (χ0) is 22.8. The van der Waals surface area contributed by atoms with E-state index in [9.17, 15) is 4.79 Å². The average molecular weight is 393 g/mol. The first-order valence-electron chi connectivity index (χ1n) is 10.4. The zero-order valence-corrected chi connectivity index (χ0v) is 21.0. The van der Waals surface area contributed by atoms with Crippen molar-refractivity contribution in [3.63, 3.8) is 0 Å². The van der Waals surface area contributed by atoms with Crippen LogP contribution in [0.25, 0.3) is 0 Å². The van der Waals surface area contributed by atoms with Gasteiger partial charge in [0, 0.05) is 14.0 Å². The van der Waals surface area contributed by atoms with Crippen LogP contribution in [0.5, 0.6) is 0 Å². The summed E-state index contributed by atoms with van der Waals surface area (Å²) in [7, 11) is 1.74. The molecule has 0 aromatic rings. The number of ether oxygens (including phenoxy) is 2. The maximum atomic E-state index is 10.2. The number of aliphatic hydroxyl groups excluding tert-OH is 1. The van der Waals surface area contributed by atoms with Gasteiger partial charge in [-0.05, 0) is 58.3 Å². The summed E-state index contributed by atoms with van der Waals surface area (Å²) in [5, 5.41) is 8.36. The van der Waals surface area contributed by atoms with Gasteiger partial charge < -0.3 is 14.6 Å². The van der Waals surface area contributed by atoms with Crippen LogP contribution < -0.4 is 0 Å². The lowest BCUT2D eigenvalue weighted by Crippen LogP contribution is -2.20.